The summed E-state index contributed by atoms with van der Waals surface area (Å²) < 4.78 is 25.8. The molecule has 1 fully saturated rings. The Hall–Kier alpha value is -3.28. The third-order valence-electron chi connectivity index (χ3n) is 5.75. The SMILES string of the molecule is O=C(NCc1ccc(S(=O)(=O)NNC(=O)c2csc(-c3ccc(C4SCCS4)cc3)n2)s1)c1ccc([N+](=O)[O-])cc1. The number of nitro benzene ring substituents is 1. The molecule has 16 heteroatoms. The number of hydrazine groups is 1. The molecule has 0 unspecified atom stereocenters. The summed E-state index contributed by atoms with van der Waals surface area (Å²) in [5.74, 6) is 1.13. The second kappa shape index (κ2) is 12.7. The summed E-state index contributed by atoms with van der Waals surface area (Å²) in [7, 11) is -4.07. The van der Waals surface area contributed by atoms with Crippen molar-refractivity contribution in [2.75, 3.05) is 11.5 Å². The summed E-state index contributed by atoms with van der Waals surface area (Å²) in [4.78, 5) is 42.1. The summed E-state index contributed by atoms with van der Waals surface area (Å²) in [5.41, 5.74) is 4.49. The number of thiophene rings is 1. The van der Waals surface area contributed by atoms with Gasteiger partial charge in [-0.15, -0.1) is 51.0 Å². The Balaban J connectivity index is 1.14. The van der Waals surface area contributed by atoms with Gasteiger partial charge in [-0.1, -0.05) is 24.3 Å². The van der Waals surface area contributed by atoms with E-state index in [4.69, 9.17) is 0 Å². The van der Waals surface area contributed by atoms with Crippen LogP contribution in [0.2, 0.25) is 0 Å². The predicted molar refractivity (Wildman–Crippen MR) is 162 cm³/mol. The fourth-order valence-electron chi connectivity index (χ4n) is 3.67. The molecule has 0 bridgehead atoms. The van der Waals surface area contributed by atoms with Crippen LogP contribution in [-0.4, -0.2) is 41.6 Å². The van der Waals surface area contributed by atoms with Crippen molar-refractivity contribution in [3.05, 3.63) is 97.9 Å². The fourth-order valence-corrected chi connectivity index (χ4v) is 9.47. The molecule has 1 saturated heterocycles. The summed E-state index contributed by atoms with van der Waals surface area (Å²) >= 11 is 6.06. The van der Waals surface area contributed by atoms with Gasteiger partial charge in [-0.05, 0) is 29.8 Å². The molecular formula is C25H21N5O6S5. The normalized spacial score (nSPS) is 13.7. The topological polar surface area (TPSA) is 160 Å². The molecule has 3 heterocycles. The molecule has 41 heavy (non-hydrogen) atoms. The van der Waals surface area contributed by atoms with Gasteiger partial charge in [0.15, 0.2) is 0 Å². The van der Waals surface area contributed by atoms with E-state index in [1.807, 2.05) is 35.7 Å². The minimum absolute atomic E-state index is 0.0449. The van der Waals surface area contributed by atoms with E-state index in [1.54, 1.807) is 11.4 Å². The first-order valence-electron chi connectivity index (χ1n) is 11.9. The van der Waals surface area contributed by atoms with Crippen molar-refractivity contribution in [2.24, 2.45) is 0 Å². The molecule has 0 aliphatic carbocycles. The number of sulfonamides is 1. The predicted octanol–water partition coefficient (Wildman–Crippen LogP) is 4.81. The van der Waals surface area contributed by atoms with Crippen molar-refractivity contribution in [1.29, 1.82) is 0 Å². The molecule has 2 amide bonds. The number of thioether (sulfide) groups is 2. The number of carbonyl (C=O) groups is 2. The minimum atomic E-state index is -4.07. The maximum Gasteiger partial charge on any atom is 0.285 e. The molecule has 0 atom stereocenters. The first-order valence-corrected chi connectivity index (χ1v) is 17.2. The van der Waals surface area contributed by atoms with Gasteiger partial charge in [-0.25, -0.2) is 13.4 Å². The van der Waals surface area contributed by atoms with Crippen LogP contribution in [0.25, 0.3) is 10.6 Å². The maximum atomic E-state index is 12.7. The minimum Gasteiger partial charge on any atom is -0.347 e. The Kier molecular flexibility index (Phi) is 9.06. The van der Waals surface area contributed by atoms with Gasteiger partial charge in [0, 0.05) is 45.0 Å². The lowest BCUT2D eigenvalue weighted by molar-refractivity contribution is -0.384. The molecule has 11 nitrogen and oxygen atoms in total. The van der Waals surface area contributed by atoms with Crippen LogP contribution in [0.4, 0.5) is 5.69 Å². The van der Waals surface area contributed by atoms with E-state index >= 15 is 0 Å². The molecule has 5 rings (SSSR count). The number of non-ortho nitro benzene ring substituents is 1. The molecular weight excluding hydrogens is 627 g/mol. The van der Waals surface area contributed by atoms with Crippen molar-refractivity contribution in [1.82, 2.24) is 20.6 Å². The van der Waals surface area contributed by atoms with Crippen LogP contribution in [0, 0.1) is 10.1 Å². The van der Waals surface area contributed by atoms with Crippen molar-refractivity contribution in [3.63, 3.8) is 0 Å². The molecule has 2 aromatic heterocycles. The summed E-state index contributed by atoms with van der Waals surface area (Å²) in [6.07, 6.45) is 0. The highest BCUT2D eigenvalue weighted by molar-refractivity contribution is 8.19. The number of hydrogen-bond acceptors (Lipinski definition) is 11. The molecule has 0 spiro atoms. The molecule has 1 aliphatic heterocycles. The van der Waals surface area contributed by atoms with E-state index in [0.29, 0.717) is 14.5 Å². The highest BCUT2D eigenvalue weighted by Gasteiger charge is 2.21. The van der Waals surface area contributed by atoms with Gasteiger partial charge < -0.3 is 5.32 Å². The zero-order chi connectivity index (χ0) is 29.0. The van der Waals surface area contributed by atoms with Gasteiger partial charge in [0.05, 0.1) is 16.1 Å². The Morgan fingerprint density at radius 1 is 0.976 bits per heavy atom. The molecule has 3 N–H and O–H groups in total. The monoisotopic (exact) mass is 647 g/mol. The zero-order valence-corrected chi connectivity index (χ0v) is 25.0. The third kappa shape index (κ3) is 7.14. The van der Waals surface area contributed by atoms with Gasteiger partial charge >= 0.3 is 0 Å². The maximum absolute atomic E-state index is 12.7. The van der Waals surface area contributed by atoms with Crippen LogP contribution in [-0.2, 0) is 16.6 Å². The lowest BCUT2D eigenvalue weighted by Gasteiger charge is -2.08. The van der Waals surface area contributed by atoms with Gasteiger partial charge in [-0.2, -0.15) is 0 Å². The Bertz CT molecular complexity index is 1680. The second-order valence-electron chi connectivity index (χ2n) is 8.50. The van der Waals surface area contributed by atoms with E-state index in [1.165, 1.54) is 47.2 Å². The molecule has 212 valence electrons. The number of amides is 2. The second-order valence-corrected chi connectivity index (χ2v) is 15.2. The van der Waals surface area contributed by atoms with E-state index in [0.717, 1.165) is 28.4 Å². The fraction of sp³-hybridized carbons (Fsp3) is 0.160. The summed E-state index contributed by atoms with van der Waals surface area (Å²) in [6, 6.07) is 16.1. The van der Waals surface area contributed by atoms with E-state index in [2.05, 4.69) is 32.7 Å². The molecule has 4 aromatic rings. The average molecular weight is 648 g/mol. The Morgan fingerprint density at radius 2 is 1.68 bits per heavy atom. The lowest BCUT2D eigenvalue weighted by atomic mass is 10.1. The highest BCUT2D eigenvalue weighted by atomic mass is 32.2. The van der Waals surface area contributed by atoms with Gasteiger partial charge in [0.2, 0.25) is 0 Å². The van der Waals surface area contributed by atoms with E-state index in [-0.39, 0.29) is 27.7 Å². The zero-order valence-electron chi connectivity index (χ0n) is 20.9. The van der Waals surface area contributed by atoms with E-state index in [9.17, 15) is 28.1 Å². The third-order valence-corrected chi connectivity index (χ3v) is 12.6. The number of nitrogens with one attached hydrogen (secondary N) is 3. The van der Waals surface area contributed by atoms with Crippen LogP contribution in [0.3, 0.4) is 0 Å². The van der Waals surface area contributed by atoms with Crippen molar-refractivity contribution >= 4 is 73.7 Å². The van der Waals surface area contributed by atoms with Gasteiger partial charge in [-0.3, -0.25) is 25.1 Å². The standard InChI is InChI=1S/C25H21N5O6S5/c31-22(15-5-7-18(8-6-15)30(33)34)26-13-19-9-10-21(40-19)41(35,36)29-28-23(32)20-14-39-24(27-20)16-1-3-17(4-2-16)25-37-11-12-38-25/h1-10,14,25,29H,11-13H2,(H,26,31)(H,28,32). The van der Waals surface area contributed by atoms with Gasteiger partial charge in [0.25, 0.3) is 27.5 Å². The number of rotatable bonds is 10. The summed E-state index contributed by atoms with van der Waals surface area (Å²) in [6.45, 7) is 0.0449. The van der Waals surface area contributed by atoms with Crippen LogP contribution < -0.4 is 15.6 Å². The largest absolute Gasteiger partial charge is 0.347 e. The number of aromatic nitrogens is 1. The number of hydrogen-bond donors (Lipinski definition) is 3. The molecule has 0 saturated carbocycles. The number of nitro groups is 1. The Morgan fingerprint density at radius 3 is 2.37 bits per heavy atom. The quantitative estimate of drug-likeness (QED) is 0.162. The lowest BCUT2D eigenvalue weighted by Crippen LogP contribution is -2.41. The van der Waals surface area contributed by atoms with Crippen LogP contribution in [0.5, 0.6) is 0 Å². The summed E-state index contributed by atoms with van der Waals surface area (Å²) in [5, 5.41) is 15.6. The molecule has 1 aliphatic rings. The van der Waals surface area contributed by atoms with Crippen molar-refractivity contribution in [2.45, 2.75) is 15.3 Å². The van der Waals surface area contributed by atoms with Gasteiger partial charge in [0.1, 0.15) is 14.9 Å². The average Bonchev–Trinajstić information content (AvgIpc) is 3.77. The number of carbonyl (C=O) groups excluding carboxylic acids is 2. The number of thiazole rings is 1. The van der Waals surface area contributed by atoms with Crippen LogP contribution in [0.1, 0.15) is 35.9 Å². The van der Waals surface area contributed by atoms with Crippen molar-refractivity contribution < 1.29 is 22.9 Å². The first kappa shape index (κ1) is 29.2. The number of nitrogens with zero attached hydrogens (tertiary/aromatic N) is 2. The molecule has 2 aromatic carbocycles. The van der Waals surface area contributed by atoms with Crippen LogP contribution >= 0.6 is 46.2 Å². The first-order chi connectivity index (χ1) is 19.7. The van der Waals surface area contributed by atoms with Crippen molar-refractivity contribution in [3.8, 4) is 10.6 Å². The molecule has 0 radical (unpaired) electrons. The smallest absolute Gasteiger partial charge is 0.285 e. The van der Waals surface area contributed by atoms with E-state index < -0.39 is 26.8 Å². The Labute approximate surface area is 251 Å². The number of benzene rings is 2. The van der Waals surface area contributed by atoms with Crippen LogP contribution in [0.15, 0.2) is 70.3 Å². The highest BCUT2D eigenvalue weighted by Crippen LogP contribution is 2.45.